The van der Waals surface area contributed by atoms with Crippen molar-refractivity contribution in [1.29, 1.82) is 0 Å². The van der Waals surface area contributed by atoms with Crippen molar-refractivity contribution in [2.24, 2.45) is 0 Å². The second-order valence-corrected chi connectivity index (χ2v) is 7.51. The van der Waals surface area contributed by atoms with Crippen molar-refractivity contribution in [3.05, 3.63) is 65.5 Å². The van der Waals surface area contributed by atoms with Gasteiger partial charge in [-0.15, -0.1) is 0 Å². The third-order valence-electron chi connectivity index (χ3n) is 5.49. The maximum Gasteiger partial charge on any atom is 0.253 e. The van der Waals surface area contributed by atoms with E-state index in [2.05, 4.69) is 44.5 Å². The molecule has 144 valence electrons. The smallest absolute Gasteiger partial charge is 0.253 e. The number of aromatic nitrogens is 2. The number of hydrogen-bond acceptors (Lipinski definition) is 4. The standard InChI is InChI=1S/C23H26N4O/c1-16(18-8-10-20(11-9-18)27-13-4-3-5-14-27)26-23(28)21-15-19-7-6-12-24-22(19)25-17(21)2/h6-12,15-16H,3-5,13-14H2,1-2H3,(H,26,28). The number of benzene rings is 1. The van der Waals surface area contributed by atoms with Crippen molar-refractivity contribution in [2.45, 2.75) is 39.2 Å². The van der Waals surface area contributed by atoms with Crippen LogP contribution in [0.2, 0.25) is 0 Å². The van der Waals surface area contributed by atoms with Gasteiger partial charge in [-0.25, -0.2) is 9.97 Å². The number of carbonyl (C=O) groups excluding carboxylic acids is 1. The fourth-order valence-electron chi connectivity index (χ4n) is 3.81. The quantitative estimate of drug-likeness (QED) is 0.734. The highest BCUT2D eigenvalue weighted by Crippen LogP contribution is 2.23. The summed E-state index contributed by atoms with van der Waals surface area (Å²) < 4.78 is 0. The van der Waals surface area contributed by atoms with Crippen LogP contribution in [0.15, 0.2) is 48.7 Å². The van der Waals surface area contributed by atoms with Crippen molar-refractivity contribution in [3.8, 4) is 0 Å². The first-order valence-electron chi connectivity index (χ1n) is 10.00. The number of piperidine rings is 1. The average Bonchev–Trinajstić information content (AvgIpc) is 2.74. The highest BCUT2D eigenvalue weighted by Gasteiger charge is 2.16. The topological polar surface area (TPSA) is 58.1 Å². The number of hydrogen-bond donors (Lipinski definition) is 1. The Bertz CT molecular complexity index is 978. The Kier molecular flexibility index (Phi) is 5.24. The van der Waals surface area contributed by atoms with Crippen LogP contribution in [0.4, 0.5) is 5.69 Å². The number of rotatable bonds is 4. The first-order valence-corrected chi connectivity index (χ1v) is 10.00. The van der Waals surface area contributed by atoms with Gasteiger partial charge in [0, 0.05) is 30.4 Å². The zero-order valence-electron chi connectivity index (χ0n) is 16.5. The second-order valence-electron chi connectivity index (χ2n) is 7.51. The number of anilines is 1. The number of carbonyl (C=O) groups is 1. The van der Waals surface area contributed by atoms with Crippen LogP contribution in [-0.2, 0) is 0 Å². The lowest BCUT2D eigenvalue weighted by Gasteiger charge is -2.29. The molecule has 2 aromatic heterocycles. The fraction of sp³-hybridized carbons (Fsp3) is 0.348. The SMILES string of the molecule is Cc1nc2ncccc2cc1C(=O)NC(C)c1ccc(N2CCCCC2)cc1. The zero-order valence-corrected chi connectivity index (χ0v) is 16.5. The number of pyridine rings is 2. The molecule has 1 atom stereocenters. The van der Waals surface area contributed by atoms with Crippen molar-refractivity contribution >= 4 is 22.6 Å². The Balaban J connectivity index is 1.47. The van der Waals surface area contributed by atoms with E-state index in [1.54, 1.807) is 6.20 Å². The van der Waals surface area contributed by atoms with E-state index in [0.717, 1.165) is 24.0 Å². The van der Waals surface area contributed by atoms with Gasteiger partial charge in [0.05, 0.1) is 17.3 Å². The van der Waals surface area contributed by atoms with Crippen molar-refractivity contribution in [1.82, 2.24) is 15.3 Å². The van der Waals surface area contributed by atoms with Crippen molar-refractivity contribution in [3.63, 3.8) is 0 Å². The molecule has 1 aromatic carbocycles. The molecule has 3 aromatic rings. The summed E-state index contributed by atoms with van der Waals surface area (Å²) in [6.45, 7) is 6.13. The van der Waals surface area contributed by atoms with Crippen LogP contribution in [0.5, 0.6) is 0 Å². The van der Waals surface area contributed by atoms with Crippen LogP contribution in [0.1, 0.15) is 53.8 Å². The molecule has 0 radical (unpaired) electrons. The van der Waals surface area contributed by atoms with E-state index >= 15 is 0 Å². The lowest BCUT2D eigenvalue weighted by molar-refractivity contribution is 0.0939. The predicted molar refractivity (Wildman–Crippen MR) is 113 cm³/mol. The van der Waals surface area contributed by atoms with E-state index in [4.69, 9.17) is 0 Å². The molecule has 1 fully saturated rings. The molecule has 1 N–H and O–H groups in total. The lowest BCUT2D eigenvalue weighted by Crippen LogP contribution is -2.29. The van der Waals surface area contributed by atoms with Crippen molar-refractivity contribution in [2.75, 3.05) is 18.0 Å². The van der Waals surface area contributed by atoms with Crippen LogP contribution in [0.25, 0.3) is 11.0 Å². The number of aryl methyl sites for hydroxylation is 1. The summed E-state index contributed by atoms with van der Waals surface area (Å²) in [5.41, 5.74) is 4.32. The highest BCUT2D eigenvalue weighted by atomic mass is 16.1. The minimum Gasteiger partial charge on any atom is -0.372 e. The molecule has 0 spiro atoms. The zero-order chi connectivity index (χ0) is 19.5. The van der Waals surface area contributed by atoms with Crippen molar-refractivity contribution < 1.29 is 4.79 Å². The second kappa shape index (κ2) is 7.97. The lowest BCUT2D eigenvalue weighted by atomic mass is 10.1. The molecule has 0 bridgehead atoms. The molecule has 1 aliphatic heterocycles. The predicted octanol–water partition coefficient (Wildman–Crippen LogP) is 4.42. The van der Waals surface area contributed by atoms with Crippen LogP contribution in [0.3, 0.4) is 0 Å². The van der Waals surface area contributed by atoms with Gasteiger partial charge < -0.3 is 10.2 Å². The van der Waals surface area contributed by atoms with Gasteiger partial charge >= 0.3 is 0 Å². The summed E-state index contributed by atoms with van der Waals surface area (Å²) in [5, 5.41) is 3.98. The number of nitrogens with zero attached hydrogens (tertiary/aromatic N) is 3. The van der Waals surface area contributed by atoms with Gasteiger partial charge in [-0.05, 0) is 69.0 Å². The van der Waals surface area contributed by atoms with E-state index in [9.17, 15) is 4.79 Å². The summed E-state index contributed by atoms with van der Waals surface area (Å²) in [6.07, 6.45) is 5.58. The summed E-state index contributed by atoms with van der Waals surface area (Å²) in [4.78, 5) is 24.0. The Morgan fingerprint density at radius 3 is 2.61 bits per heavy atom. The molecule has 28 heavy (non-hydrogen) atoms. The Morgan fingerprint density at radius 1 is 1.11 bits per heavy atom. The molecule has 1 amide bonds. The first kappa shape index (κ1) is 18.4. The summed E-state index contributed by atoms with van der Waals surface area (Å²) in [5.74, 6) is -0.108. The van der Waals surface area contributed by atoms with E-state index in [1.807, 2.05) is 32.0 Å². The van der Waals surface area contributed by atoms with Crippen LogP contribution >= 0.6 is 0 Å². The van der Waals surface area contributed by atoms with Gasteiger partial charge in [0.1, 0.15) is 0 Å². The molecule has 0 aliphatic carbocycles. The maximum atomic E-state index is 12.8. The van der Waals surface area contributed by atoms with E-state index in [1.165, 1.54) is 24.9 Å². The molecular weight excluding hydrogens is 348 g/mol. The van der Waals surface area contributed by atoms with Gasteiger partial charge in [-0.2, -0.15) is 0 Å². The minimum absolute atomic E-state index is 0.0769. The monoisotopic (exact) mass is 374 g/mol. The fourth-order valence-corrected chi connectivity index (χ4v) is 3.81. The van der Waals surface area contributed by atoms with E-state index in [0.29, 0.717) is 16.9 Å². The Hall–Kier alpha value is -2.95. The van der Waals surface area contributed by atoms with Gasteiger partial charge in [-0.1, -0.05) is 12.1 Å². The number of amides is 1. The molecule has 5 nitrogen and oxygen atoms in total. The van der Waals surface area contributed by atoms with Crippen LogP contribution in [-0.4, -0.2) is 29.0 Å². The molecule has 5 heteroatoms. The van der Waals surface area contributed by atoms with Crippen LogP contribution in [0, 0.1) is 6.92 Å². The largest absolute Gasteiger partial charge is 0.372 e. The summed E-state index contributed by atoms with van der Waals surface area (Å²) in [6, 6.07) is 14.1. The highest BCUT2D eigenvalue weighted by molar-refractivity contribution is 5.98. The molecular formula is C23H26N4O. The van der Waals surface area contributed by atoms with Gasteiger partial charge in [0.2, 0.25) is 0 Å². The van der Waals surface area contributed by atoms with Gasteiger partial charge in [0.25, 0.3) is 5.91 Å². The Labute approximate surface area is 165 Å². The van der Waals surface area contributed by atoms with Gasteiger partial charge in [-0.3, -0.25) is 4.79 Å². The summed E-state index contributed by atoms with van der Waals surface area (Å²) in [7, 11) is 0. The molecule has 1 unspecified atom stereocenters. The normalized spacial score (nSPS) is 15.4. The summed E-state index contributed by atoms with van der Waals surface area (Å²) >= 11 is 0. The Morgan fingerprint density at radius 2 is 1.86 bits per heavy atom. The minimum atomic E-state index is -0.108. The molecule has 0 saturated carbocycles. The van der Waals surface area contributed by atoms with Crippen LogP contribution < -0.4 is 10.2 Å². The first-order chi connectivity index (χ1) is 13.6. The molecule has 4 rings (SSSR count). The van der Waals surface area contributed by atoms with E-state index in [-0.39, 0.29) is 11.9 Å². The molecule has 1 aliphatic rings. The third kappa shape index (κ3) is 3.84. The molecule has 3 heterocycles. The van der Waals surface area contributed by atoms with E-state index < -0.39 is 0 Å². The number of fused-ring (bicyclic) bond motifs is 1. The van der Waals surface area contributed by atoms with Gasteiger partial charge in [0.15, 0.2) is 5.65 Å². The average molecular weight is 374 g/mol. The molecule has 1 saturated heterocycles. The maximum absolute atomic E-state index is 12.8. The third-order valence-corrected chi connectivity index (χ3v) is 5.49. The number of nitrogens with one attached hydrogen (secondary N) is 1.